The molecule has 0 aliphatic heterocycles. The molecule has 30 heavy (non-hydrogen) atoms. The average Bonchev–Trinajstić information content (AvgIpc) is 3.28. The molecular formula is C21H21N5O4. The number of hydrogen-bond donors (Lipinski definition) is 2. The fourth-order valence-corrected chi connectivity index (χ4v) is 3.46. The Morgan fingerprint density at radius 3 is 2.70 bits per heavy atom. The normalized spacial score (nSPS) is 11.1. The number of benzene rings is 1. The van der Waals surface area contributed by atoms with Gasteiger partial charge in [-0.05, 0) is 37.5 Å². The van der Waals surface area contributed by atoms with Crippen LogP contribution in [0.4, 0.5) is 0 Å². The molecule has 9 nitrogen and oxygen atoms in total. The SMILES string of the molecule is Cc1oc2[nH]c(=O)n(-c3ccccc3)c(=O)c2c1C(=O)NCCCc1cnn(C)c1. The summed E-state index contributed by atoms with van der Waals surface area (Å²) in [6, 6.07) is 8.53. The Labute approximate surface area is 171 Å². The van der Waals surface area contributed by atoms with Crippen LogP contribution in [0.5, 0.6) is 0 Å². The average molecular weight is 407 g/mol. The molecule has 3 aromatic heterocycles. The smallest absolute Gasteiger partial charge is 0.335 e. The molecule has 4 rings (SSSR count). The maximum atomic E-state index is 13.1. The van der Waals surface area contributed by atoms with Crippen molar-refractivity contribution in [2.24, 2.45) is 7.05 Å². The summed E-state index contributed by atoms with van der Waals surface area (Å²) in [6.07, 6.45) is 5.21. The number of H-pyrrole nitrogens is 1. The molecule has 0 saturated heterocycles. The lowest BCUT2D eigenvalue weighted by atomic mass is 10.1. The summed E-state index contributed by atoms with van der Waals surface area (Å²) in [5, 5.41) is 7.00. The highest BCUT2D eigenvalue weighted by Gasteiger charge is 2.23. The maximum Gasteiger partial charge on any atom is 0.335 e. The molecule has 0 radical (unpaired) electrons. The van der Waals surface area contributed by atoms with Crippen molar-refractivity contribution in [2.75, 3.05) is 6.54 Å². The number of para-hydroxylation sites is 1. The number of aromatic nitrogens is 4. The van der Waals surface area contributed by atoms with Crippen molar-refractivity contribution >= 4 is 17.0 Å². The van der Waals surface area contributed by atoms with Gasteiger partial charge in [0, 0.05) is 19.8 Å². The number of nitrogens with zero attached hydrogens (tertiary/aromatic N) is 3. The molecule has 3 heterocycles. The molecular weight excluding hydrogens is 386 g/mol. The predicted octanol–water partition coefficient (Wildman–Crippen LogP) is 1.68. The molecule has 0 fully saturated rings. The van der Waals surface area contributed by atoms with Crippen LogP contribution in [0.2, 0.25) is 0 Å². The zero-order valence-electron chi connectivity index (χ0n) is 16.6. The number of carbonyl (C=O) groups excluding carboxylic acids is 1. The van der Waals surface area contributed by atoms with Gasteiger partial charge in [0.2, 0.25) is 5.71 Å². The van der Waals surface area contributed by atoms with Crippen molar-refractivity contribution < 1.29 is 9.21 Å². The van der Waals surface area contributed by atoms with Crippen LogP contribution < -0.4 is 16.6 Å². The minimum absolute atomic E-state index is 0.00445. The summed E-state index contributed by atoms with van der Waals surface area (Å²) in [7, 11) is 1.85. The number of rotatable bonds is 6. The summed E-state index contributed by atoms with van der Waals surface area (Å²) < 4.78 is 8.24. The standard InChI is InChI=1S/C21H21N5O4/c1-13-16(18(27)22-10-6-7-14-11-23-25(2)12-14)17-19(30-13)24-21(29)26(20(17)28)15-8-4-3-5-9-15/h3-5,8-9,11-12H,6-7,10H2,1-2H3,(H,22,27)(H,24,29). The molecule has 0 spiro atoms. The van der Waals surface area contributed by atoms with Gasteiger partial charge in [0.1, 0.15) is 11.1 Å². The molecule has 0 bridgehead atoms. The second kappa shape index (κ2) is 7.86. The Morgan fingerprint density at radius 1 is 1.23 bits per heavy atom. The zero-order chi connectivity index (χ0) is 21.3. The van der Waals surface area contributed by atoms with E-state index in [1.807, 2.05) is 13.2 Å². The van der Waals surface area contributed by atoms with Gasteiger partial charge >= 0.3 is 5.69 Å². The molecule has 0 aliphatic rings. The van der Waals surface area contributed by atoms with Crippen molar-refractivity contribution in [3.8, 4) is 5.69 Å². The Bertz CT molecular complexity index is 1330. The van der Waals surface area contributed by atoms with E-state index in [1.165, 1.54) is 0 Å². The molecule has 1 amide bonds. The quantitative estimate of drug-likeness (QED) is 0.472. The van der Waals surface area contributed by atoms with Gasteiger partial charge in [-0.2, -0.15) is 5.10 Å². The van der Waals surface area contributed by atoms with E-state index in [0.29, 0.717) is 12.2 Å². The highest BCUT2D eigenvalue weighted by molar-refractivity contribution is 6.06. The first kappa shape index (κ1) is 19.4. The third-order valence-corrected chi connectivity index (χ3v) is 4.85. The van der Waals surface area contributed by atoms with Gasteiger partial charge in [-0.15, -0.1) is 0 Å². The lowest BCUT2D eigenvalue weighted by Crippen LogP contribution is -2.34. The Kier molecular flexibility index (Phi) is 5.09. The minimum atomic E-state index is -0.629. The fourth-order valence-electron chi connectivity index (χ4n) is 3.46. The van der Waals surface area contributed by atoms with Crippen molar-refractivity contribution in [1.29, 1.82) is 0 Å². The van der Waals surface area contributed by atoms with E-state index in [2.05, 4.69) is 15.4 Å². The molecule has 154 valence electrons. The van der Waals surface area contributed by atoms with Crippen LogP contribution in [0.15, 0.2) is 56.7 Å². The third kappa shape index (κ3) is 3.57. The van der Waals surface area contributed by atoms with E-state index >= 15 is 0 Å². The highest BCUT2D eigenvalue weighted by atomic mass is 16.3. The first-order chi connectivity index (χ1) is 14.5. The number of carbonyl (C=O) groups is 1. The van der Waals surface area contributed by atoms with Crippen LogP contribution in [-0.4, -0.2) is 31.8 Å². The highest BCUT2D eigenvalue weighted by Crippen LogP contribution is 2.20. The fraction of sp³-hybridized carbons (Fsp3) is 0.238. The van der Waals surface area contributed by atoms with Crippen molar-refractivity contribution in [3.63, 3.8) is 0 Å². The van der Waals surface area contributed by atoms with Gasteiger partial charge < -0.3 is 9.73 Å². The van der Waals surface area contributed by atoms with Crippen LogP contribution in [0.3, 0.4) is 0 Å². The van der Waals surface area contributed by atoms with Crippen LogP contribution in [0, 0.1) is 6.92 Å². The Hall–Kier alpha value is -3.88. The first-order valence-electron chi connectivity index (χ1n) is 9.55. The molecule has 0 aliphatic carbocycles. The second-order valence-electron chi connectivity index (χ2n) is 7.03. The maximum absolute atomic E-state index is 13.1. The summed E-state index contributed by atoms with van der Waals surface area (Å²) in [6.45, 7) is 2.02. The Balaban J connectivity index is 1.62. The number of amides is 1. The van der Waals surface area contributed by atoms with Gasteiger partial charge in [-0.3, -0.25) is 19.3 Å². The number of nitrogens with one attached hydrogen (secondary N) is 2. The molecule has 9 heteroatoms. The number of aryl methyl sites for hydroxylation is 3. The van der Waals surface area contributed by atoms with E-state index in [1.54, 1.807) is 48.1 Å². The van der Waals surface area contributed by atoms with Crippen molar-refractivity contribution in [3.05, 3.63) is 80.5 Å². The second-order valence-corrected chi connectivity index (χ2v) is 7.03. The zero-order valence-corrected chi connectivity index (χ0v) is 16.6. The van der Waals surface area contributed by atoms with E-state index in [9.17, 15) is 14.4 Å². The van der Waals surface area contributed by atoms with Gasteiger partial charge in [-0.1, -0.05) is 18.2 Å². The molecule has 4 aromatic rings. The van der Waals surface area contributed by atoms with Crippen LogP contribution >= 0.6 is 0 Å². The lowest BCUT2D eigenvalue weighted by Gasteiger charge is -2.06. The van der Waals surface area contributed by atoms with Gasteiger partial charge in [0.25, 0.3) is 11.5 Å². The van der Waals surface area contributed by atoms with Gasteiger partial charge in [0.05, 0.1) is 17.4 Å². The van der Waals surface area contributed by atoms with Crippen molar-refractivity contribution in [2.45, 2.75) is 19.8 Å². The molecule has 2 N–H and O–H groups in total. The summed E-state index contributed by atoms with van der Waals surface area (Å²) in [4.78, 5) is 40.9. The topological polar surface area (TPSA) is 115 Å². The Morgan fingerprint density at radius 2 is 2.00 bits per heavy atom. The van der Waals surface area contributed by atoms with E-state index in [-0.39, 0.29) is 22.4 Å². The number of aromatic amines is 1. The summed E-state index contributed by atoms with van der Waals surface area (Å²) >= 11 is 0. The number of furan rings is 1. The molecule has 0 saturated carbocycles. The van der Waals surface area contributed by atoms with Crippen molar-refractivity contribution in [1.82, 2.24) is 24.6 Å². The lowest BCUT2D eigenvalue weighted by molar-refractivity contribution is 0.0953. The molecule has 0 unspecified atom stereocenters. The summed E-state index contributed by atoms with van der Waals surface area (Å²) in [5.74, 6) is -0.144. The van der Waals surface area contributed by atoms with Crippen LogP contribution in [0.1, 0.15) is 28.1 Å². The molecule has 0 atom stereocenters. The number of fused-ring (bicyclic) bond motifs is 1. The van der Waals surface area contributed by atoms with Crippen LogP contribution in [-0.2, 0) is 13.5 Å². The number of hydrogen-bond acceptors (Lipinski definition) is 5. The molecule has 1 aromatic carbocycles. The van der Waals surface area contributed by atoms with Crippen LogP contribution in [0.25, 0.3) is 16.8 Å². The summed E-state index contributed by atoms with van der Waals surface area (Å²) in [5.41, 5.74) is 0.396. The first-order valence-corrected chi connectivity index (χ1v) is 9.55. The van der Waals surface area contributed by atoms with E-state index < -0.39 is 17.2 Å². The van der Waals surface area contributed by atoms with Gasteiger partial charge in [-0.25, -0.2) is 9.36 Å². The van der Waals surface area contributed by atoms with E-state index in [4.69, 9.17) is 4.42 Å². The minimum Gasteiger partial charge on any atom is -0.444 e. The third-order valence-electron chi connectivity index (χ3n) is 4.85. The largest absolute Gasteiger partial charge is 0.444 e. The van der Waals surface area contributed by atoms with E-state index in [0.717, 1.165) is 23.0 Å². The monoisotopic (exact) mass is 407 g/mol. The van der Waals surface area contributed by atoms with Gasteiger partial charge in [0.15, 0.2) is 0 Å². The predicted molar refractivity (Wildman–Crippen MR) is 111 cm³/mol.